The highest BCUT2D eigenvalue weighted by Crippen LogP contribution is 2.29. The Balaban J connectivity index is 0.000000349. The Bertz CT molecular complexity index is 1290. The zero-order valence-corrected chi connectivity index (χ0v) is 21.7. The lowest BCUT2D eigenvalue weighted by Crippen LogP contribution is -2.24. The predicted octanol–water partition coefficient (Wildman–Crippen LogP) is 5.82. The molecule has 3 aromatic heterocycles. The van der Waals surface area contributed by atoms with Crippen LogP contribution in [0.4, 0.5) is 4.79 Å². The van der Waals surface area contributed by atoms with E-state index < -0.39 is 6.09 Å². The number of carbonyl (C=O) groups is 1. The maximum atomic E-state index is 9.79. The monoisotopic (exact) mass is 501 g/mol. The minimum absolute atomic E-state index is 0.395. The van der Waals surface area contributed by atoms with Gasteiger partial charge in [0.15, 0.2) is 5.82 Å². The van der Waals surface area contributed by atoms with Gasteiger partial charge >= 0.3 is 6.09 Å². The van der Waals surface area contributed by atoms with Crippen molar-refractivity contribution in [2.45, 2.75) is 52.0 Å². The van der Waals surface area contributed by atoms with Crippen LogP contribution in [0.3, 0.4) is 0 Å². The third-order valence-corrected chi connectivity index (χ3v) is 6.36. The van der Waals surface area contributed by atoms with Gasteiger partial charge in [0.1, 0.15) is 0 Å². The van der Waals surface area contributed by atoms with E-state index in [0.717, 1.165) is 33.6 Å². The van der Waals surface area contributed by atoms with E-state index in [2.05, 4.69) is 48.5 Å². The van der Waals surface area contributed by atoms with Crippen LogP contribution in [0.25, 0.3) is 33.6 Å². The number of nitrogens with one attached hydrogen (secondary N) is 1. The zero-order valence-electron chi connectivity index (χ0n) is 21.7. The fourth-order valence-electron chi connectivity index (χ4n) is 4.36. The van der Waals surface area contributed by atoms with Gasteiger partial charge in [0, 0.05) is 60.6 Å². The molecule has 1 fully saturated rings. The Morgan fingerprint density at radius 1 is 0.946 bits per heavy atom. The number of benzene rings is 1. The molecule has 2 N–H and O–H groups in total. The van der Waals surface area contributed by atoms with Gasteiger partial charge in [0.2, 0.25) is 0 Å². The first kappa shape index (κ1) is 26.1. The second-order valence-electron chi connectivity index (χ2n) is 9.86. The Labute approximate surface area is 217 Å². The quantitative estimate of drug-likeness (QED) is 0.344. The molecule has 9 heteroatoms. The number of nitrogens with zero attached hydrogens (tertiary/aromatic N) is 6. The standard InChI is InChI=1S/C23H24N6.C5H11NO2/c1-28-15-20(13-26-28)17-6-5-7-18(10-17)23-24-11-19(12-25-23)21-14-27-29(16-21)22-8-3-2-4-9-22;1-4(2)3-6-5(7)8/h5-7,10-16,22H,2-4,8-9H2,1H3;4,6H,3H2,1-2H3,(H,7,8). The number of hydrogen-bond acceptors (Lipinski definition) is 5. The van der Waals surface area contributed by atoms with E-state index in [1.165, 1.54) is 32.1 Å². The molecule has 3 heterocycles. The minimum atomic E-state index is -0.946. The summed E-state index contributed by atoms with van der Waals surface area (Å²) in [6, 6.07) is 8.79. The van der Waals surface area contributed by atoms with Gasteiger partial charge in [-0.15, -0.1) is 0 Å². The van der Waals surface area contributed by atoms with E-state index in [-0.39, 0.29) is 0 Å². The summed E-state index contributed by atoms with van der Waals surface area (Å²) >= 11 is 0. The summed E-state index contributed by atoms with van der Waals surface area (Å²) in [6.45, 7) is 4.45. The minimum Gasteiger partial charge on any atom is -0.465 e. The van der Waals surface area contributed by atoms with Crippen molar-refractivity contribution in [3.8, 4) is 33.6 Å². The lowest BCUT2D eigenvalue weighted by molar-refractivity contribution is 0.193. The molecule has 1 aliphatic carbocycles. The summed E-state index contributed by atoms with van der Waals surface area (Å²) in [5.74, 6) is 1.12. The van der Waals surface area contributed by atoms with Gasteiger partial charge < -0.3 is 10.4 Å². The molecule has 194 valence electrons. The molecule has 1 aromatic carbocycles. The first-order valence-corrected chi connectivity index (χ1v) is 12.8. The molecular formula is C28H35N7O2. The highest BCUT2D eigenvalue weighted by molar-refractivity contribution is 5.70. The predicted molar refractivity (Wildman–Crippen MR) is 144 cm³/mol. The summed E-state index contributed by atoms with van der Waals surface area (Å²) in [5, 5.41) is 19.2. The lowest BCUT2D eigenvalue weighted by atomic mass is 9.96. The molecule has 0 spiro atoms. The van der Waals surface area contributed by atoms with Crippen LogP contribution < -0.4 is 5.32 Å². The van der Waals surface area contributed by atoms with E-state index in [4.69, 9.17) is 5.11 Å². The summed E-state index contributed by atoms with van der Waals surface area (Å²) in [5.41, 5.74) is 5.26. The van der Waals surface area contributed by atoms with Crippen LogP contribution in [-0.4, -0.2) is 47.3 Å². The summed E-state index contributed by atoms with van der Waals surface area (Å²) < 4.78 is 3.93. The molecule has 1 amide bonds. The summed E-state index contributed by atoms with van der Waals surface area (Å²) in [7, 11) is 1.92. The SMILES string of the molecule is CC(C)CNC(=O)O.Cn1cc(-c2cccc(-c3ncc(-c4cnn(C5CCCCC5)c4)cn3)c2)cn1. The number of hydrogen-bond donors (Lipinski definition) is 2. The van der Waals surface area contributed by atoms with Gasteiger partial charge in [-0.3, -0.25) is 9.36 Å². The van der Waals surface area contributed by atoms with Crippen LogP contribution in [0, 0.1) is 5.92 Å². The maximum Gasteiger partial charge on any atom is 0.404 e. The molecule has 37 heavy (non-hydrogen) atoms. The first-order valence-electron chi connectivity index (χ1n) is 12.8. The molecule has 0 atom stereocenters. The highest BCUT2D eigenvalue weighted by atomic mass is 16.4. The van der Waals surface area contributed by atoms with E-state index in [0.29, 0.717) is 18.5 Å². The van der Waals surface area contributed by atoms with E-state index in [1.807, 2.05) is 64.0 Å². The molecule has 0 bridgehead atoms. The normalized spacial score (nSPS) is 13.7. The largest absolute Gasteiger partial charge is 0.465 e. The van der Waals surface area contributed by atoms with Crippen molar-refractivity contribution in [1.29, 1.82) is 0 Å². The molecule has 0 saturated heterocycles. The number of rotatable bonds is 6. The average molecular weight is 502 g/mol. The fraction of sp³-hybridized carbons (Fsp3) is 0.393. The third-order valence-electron chi connectivity index (χ3n) is 6.36. The molecule has 1 aliphatic rings. The number of aromatic nitrogens is 6. The fourth-order valence-corrected chi connectivity index (χ4v) is 4.36. The van der Waals surface area contributed by atoms with Crippen LogP contribution >= 0.6 is 0 Å². The van der Waals surface area contributed by atoms with Gasteiger partial charge in [-0.2, -0.15) is 10.2 Å². The van der Waals surface area contributed by atoms with Crippen molar-refractivity contribution in [2.24, 2.45) is 13.0 Å². The molecule has 0 unspecified atom stereocenters. The Morgan fingerprint density at radius 2 is 1.62 bits per heavy atom. The van der Waals surface area contributed by atoms with Crippen LogP contribution in [0.15, 0.2) is 61.4 Å². The molecule has 1 saturated carbocycles. The number of aryl methyl sites for hydroxylation is 1. The average Bonchev–Trinajstić information content (AvgIpc) is 3.58. The van der Waals surface area contributed by atoms with Gasteiger partial charge in [-0.1, -0.05) is 51.3 Å². The lowest BCUT2D eigenvalue weighted by Gasteiger charge is -2.21. The van der Waals surface area contributed by atoms with Crippen LogP contribution in [0.2, 0.25) is 0 Å². The van der Waals surface area contributed by atoms with E-state index in [9.17, 15) is 4.79 Å². The van der Waals surface area contributed by atoms with E-state index in [1.54, 1.807) is 4.68 Å². The van der Waals surface area contributed by atoms with Crippen molar-refractivity contribution < 1.29 is 9.90 Å². The van der Waals surface area contributed by atoms with Crippen molar-refractivity contribution >= 4 is 6.09 Å². The van der Waals surface area contributed by atoms with Crippen molar-refractivity contribution in [3.05, 3.63) is 61.4 Å². The third kappa shape index (κ3) is 7.25. The Kier molecular flexibility index (Phi) is 8.66. The number of amides is 1. The maximum absolute atomic E-state index is 9.79. The summed E-state index contributed by atoms with van der Waals surface area (Å²) in [6.07, 6.45) is 17.2. The van der Waals surface area contributed by atoms with Crippen LogP contribution in [-0.2, 0) is 7.05 Å². The topological polar surface area (TPSA) is 111 Å². The van der Waals surface area contributed by atoms with E-state index >= 15 is 0 Å². The van der Waals surface area contributed by atoms with Crippen molar-refractivity contribution in [3.63, 3.8) is 0 Å². The smallest absolute Gasteiger partial charge is 0.404 e. The second kappa shape index (κ2) is 12.3. The van der Waals surface area contributed by atoms with Gasteiger partial charge in [-0.25, -0.2) is 14.8 Å². The molecule has 0 aliphatic heterocycles. The zero-order chi connectivity index (χ0) is 26.2. The second-order valence-corrected chi connectivity index (χ2v) is 9.86. The molecule has 9 nitrogen and oxygen atoms in total. The van der Waals surface area contributed by atoms with Crippen molar-refractivity contribution in [1.82, 2.24) is 34.8 Å². The molecular weight excluding hydrogens is 466 g/mol. The highest BCUT2D eigenvalue weighted by Gasteiger charge is 2.16. The van der Waals surface area contributed by atoms with Gasteiger partial charge in [-0.05, 0) is 30.4 Å². The molecule has 0 radical (unpaired) electrons. The Hall–Kier alpha value is -4.01. The molecule has 4 aromatic rings. The van der Waals surface area contributed by atoms with Crippen molar-refractivity contribution in [2.75, 3.05) is 6.54 Å². The van der Waals surface area contributed by atoms with Crippen LogP contribution in [0.1, 0.15) is 52.0 Å². The Morgan fingerprint density at radius 3 is 2.24 bits per heavy atom. The molecule has 5 rings (SSSR count). The first-order chi connectivity index (χ1) is 17.9. The van der Waals surface area contributed by atoms with Gasteiger partial charge in [0.05, 0.1) is 18.4 Å². The number of carboxylic acid groups (broad SMARTS) is 1. The summed E-state index contributed by atoms with van der Waals surface area (Å²) in [4.78, 5) is 19.0. The van der Waals surface area contributed by atoms with Gasteiger partial charge in [0.25, 0.3) is 0 Å². The van der Waals surface area contributed by atoms with Crippen LogP contribution in [0.5, 0.6) is 0 Å².